The maximum atomic E-state index is 9.96. The second kappa shape index (κ2) is 6.21. The van der Waals surface area contributed by atoms with Crippen molar-refractivity contribution in [2.45, 2.75) is 51.0 Å². The van der Waals surface area contributed by atoms with Crippen LogP contribution in [0.4, 0.5) is 0 Å². The summed E-state index contributed by atoms with van der Waals surface area (Å²) in [4.78, 5) is 1.39. The lowest BCUT2D eigenvalue weighted by Crippen LogP contribution is -2.10. The molecule has 0 spiro atoms. The number of aliphatic hydroxyl groups excluding tert-OH is 1. The smallest absolute Gasteiger partial charge is 0.0580 e. The normalized spacial score (nSPS) is 18.2. The van der Waals surface area contributed by atoms with Gasteiger partial charge in [0.05, 0.1) is 6.10 Å². The van der Waals surface area contributed by atoms with Gasteiger partial charge in [0.15, 0.2) is 0 Å². The van der Waals surface area contributed by atoms with E-state index in [0.29, 0.717) is 0 Å². The summed E-state index contributed by atoms with van der Waals surface area (Å²) in [5, 5.41) is 12.1. The zero-order valence-corrected chi connectivity index (χ0v) is 10.5. The summed E-state index contributed by atoms with van der Waals surface area (Å²) in [6, 6.07) is 4.23. The van der Waals surface area contributed by atoms with E-state index >= 15 is 0 Å². The predicted molar refractivity (Wildman–Crippen MR) is 69.8 cm³/mol. The second-order valence-electron chi connectivity index (χ2n) is 4.58. The van der Waals surface area contributed by atoms with Crippen molar-refractivity contribution in [2.75, 3.05) is 0 Å². The molecule has 0 saturated carbocycles. The molecule has 0 radical (unpaired) electrons. The van der Waals surface area contributed by atoms with Gasteiger partial charge >= 0.3 is 0 Å². The minimum atomic E-state index is -0.147. The van der Waals surface area contributed by atoms with E-state index in [1.54, 1.807) is 11.3 Å². The van der Waals surface area contributed by atoms with E-state index < -0.39 is 0 Å². The van der Waals surface area contributed by atoms with E-state index in [1.807, 2.05) is 0 Å². The molecule has 0 aromatic carbocycles. The van der Waals surface area contributed by atoms with Crippen molar-refractivity contribution in [3.05, 3.63) is 34.0 Å². The van der Waals surface area contributed by atoms with Crippen molar-refractivity contribution in [1.29, 1.82) is 0 Å². The summed E-state index contributed by atoms with van der Waals surface area (Å²) in [5.74, 6) is 0. The van der Waals surface area contributed by atoms with Crippen LogP contribution in [0.2, 0.25) is 0 Å². The maximum absolute atomic E-state index is 9.96. The van der Waals surface area contributed by atoms with Crippen molar-refractivity contribution in [2.24, 2.45) is 0 Å². The van der Waals surface area contributed by atoms with Crippen molar-refractivity contribution in [1.82, 2.24) is 0 Å². The minimum Gasteiger partial charge on any atom is -0.393 e. The van der Waals surface area contributed by atoms with Gasteiger partial charge in [-0.25, -0.2) is 0 Å². The molecule has 1 unspecified atom stereocenters. The third-order valence-corrected chi connectivity index (χ3v) is 4.12. The van der Waals surface area contributed by atoms with Crippen LogP contribution in [0.15, 0.2) is 29.2 Å². The summed E-state index contributed by atoms with van der Waals surface area (Å²) < 4.78 is 0. The third kappa shape index (κ3) is 3.76. The summed E-state index contributed by atoms with van der Waals surface area (Å²) in [6.07, 6.45) is 10.1. The minimum absolute atomic E-state index is 0.147. The number of rotatable bonds is 5. The van der Waals surface area contributed by atoms with Crippen LogP contribution in [0, 0.1) is 0 Å². The molecule has 2 rings (SSSR count). The molecule has 1 aliphatic rings. The SMILES string of the molecule is OC(CCc1cccs1)CC1=CCCCC1. The largest absolute Gasteiger partial charge is 0.393 e. The molecule has 2 heteroatoms. The Labute approximate surface area is 102 Å². The van der Waals surface area contributed by atoms with Gasteiger partial charge < -0.3 is 5.11 Å². The molecule has 1 N–H and O–H groups in total. The van der Waals surface area contributed by atoms with Crippen LogP contribution >= 0.6 is 11.3 Å². The molecular formula is C14H20OS. The Morgan fingerprint density at radius 3 is 3.00 bits per heavy atom. The molecule has 1 aromatic heterocycles. The van der Waals surface area contributed by atoms with Crippen molar-refractivity contribution < 1.29 is 5.11 Å². The van der Waals surface area contributed by atoms with Crippen LogP contribution in [-0.2, 0) is 6.42 Å². The highest BCUT2D eigenvalue weighted by Gasteiger charge is 2.10. The van der Waals surface area contributed by atoms with Gasteiger partial charge in [0.2, 0.25) is 0 Å². The highest BCUT2D eigenvalue weighted by molar-refractivity contribution is 7.09. The van der Waals surface area contributed by atoms with E-state index in [-0.39, 0.29) is 6.10 Å². The fraction of sp³-hybridized carbons (Fsp3) is 0.571. The Kier molecular flexibility index (Phi) is 4.61. The second-order valence-corrected chi connectivity index (χ2v) is 5.62. The van der Waals surface area contributed by atoms with Gasteiger partial charge in [-0.3, -0.25) is 0 Å². The molecule has 0 amide bonds. The first-order valence-electron chi connectivity index (χ1n) is 6.23. The third-order valence-electron chi connectivity index (χ3n) is 3.19. The average Bonchev–Trinajstić information content (AvgIpc) is 2.81. The highest BCUT2D eigenvalue weighted by atomic mass is 32.1. The lowest BCUT2D eigenvalue weighted by molar-refractivity contribution is 0.163. The molecule has 16 heavy (non-hydrogen) atoms. The quantitative estimate of drug-likeness (QED) is 0.768. The lowest BCUT2D eigenvalue weighted by Gasteiger charge is -2.16. The van der Waals surface area contributed by atoms with E-state index in [1.165, 1.54) is 36.1 Å². The van der Waals surface area contributed by atoms with Crippen LogP contribution < -0.4 is 0 Å². The predicted octanol–water partition coefficient (Wildman–Crippen LogP) is 3.93. The molecule has 0 aliphatic heterocycles. The fourth-order valence-electron chi connectivity index (χ4n) is 2.26. The first-order chi connectivity index (χ1) is 7.84. The van der Waals surface area contributed by atoms with E-state index in [2.05, 4.69) is 23.6 Å². The van der Waals surface area contributed by atoms with Gasteiger partial charge in [-0.15, -0.1) is 11.3 Å². The van der Waals surface area contributed by atoms with Gasteiger partial charge in [-0.2, -0.15) is 0 Å². The molecule has 1 aliphatic carbocycles. The monoisotopic (exact) mass is 236 g/mol. The average molecular weight is 236 g/mol. The van der Waals surface area contributed by atoms with Gasteiger partial charge in [0.1, 0.15) is 0 Å². The van der Waals surface area contributed by atoms with Crippen molar-refractivity contribution in [3.63, 3.8) is 0 Å². The summed E-state index contributed by atoms with van der Waals surface area (Å²) in [7, 11) is 0. The number of aliphatic hydroxyl groups is 1. The molecule has 0 bridgehead atoms. The van der Waals surface area contributed by atoms with E-state index in [4.69, 9.17) is 0 Å². The molecule has 88 valence electrons. The van der Waals surface area contributed by atoms with Gasteiger partial charge in [-0.1, -0.05) is 17.7 Å². The topological polar surface area (TPSA) is 20.2 Å². The number of hydrogen-bond donors (Lipinski definition) is 1. The maximum Gasteiger partial charge on any atom is 0.0580 e. The van der Waals surface area contributed by atoms with Crippen molar-refractivity contribution >= 4 is 11.3 Å². The molecule has 1 heterocycles. The van der Waals surface area contributed by atoms with E-state index in [9.17, 15) is 5.11 Å². The molecule has 1 aromatic rings. The summed E-state index contributed by atoms with van der Waals surface area (Å²) >= 11 is 1.79. The molecule has 1 nitrogen and oxygen atoms in total. The first kappa shape index (κ1) is 11.9. The Hall–Kier alpha value is -0.600. The van der Waals surface area contributed by atoms with Crippen LogP contribution in [0.25, 0.3) is 0 Å². The fourth-order valence-corrected chi connectivity index (χ4v) is 2.98. The lowest BCUT2D eigenvalue weighted by atomic mass is 9.94. The van der Waals surface area contributed by atoms with E-state index in [0.717, 1.165) is 19.3 Å². The standard InChI is InChI=1S/C14H20OS/c15-13(8-9-14-7-4-10-16-14)11-12-5-2-1-3-6-12/h4-5,7,10,13,15H,1-3,6,8-9,11H2. The molecule has 0 saturated heterocycles. The summed E-state index contributed by atoms with van der Waals surface area (Å²) in [5.41, 5.74) is 1.48. The Morgan fingerprint density at radius 2 is 2.31 bits per heavy atom. The summed E-state index contributed by atoms with van der Waals surface area (Å²) in [6.45, 7) is 0. The van der Waals surface area contributed by atoms with Gasteiger partial charge in [0, 0.05) is 4.88 Å². The van der Waals surface area contributed by atoms with Crippen molar-refractivity contribution in [3.8, 4) is 0 Å². The van der Waals surface area contributed by atoms with Crippen LogP contribution in [0.1, 0.15) is 43.4 Å². The Morgan fingerprint density at radius 1 is 1.38 bits per heavy atom. The van der Waals surface area contributed by atoms with Crippen LogP contribution in [0.5, 0.6) is 0 Å². The van der Waals surface area contributed by atoms with Crippen LogP contribution in [-0.4, -0.2) is 11.2 Å². The molecule has 1 atom stereocenters. The zero-order chi connectivity index (χ0) is 11.2. The molecule has 0 fully saturated rings. The first-order valence-corrected chi connectivity index (χ1v) is 7.11. The van der Waals surface area contributed by atoms with Crippen LogP contribution in [0.3, 0.4) is 0 Å². The number of allylic oxidation sites excluding steroid dienone is 1. The van der Waals surface area contributed by atoms with Gasteiger partial charge in [0.25, 0.3) is 0 Å². The number of aryl methyl sites for hydroxylation is 1. The number of thiophene rings is 1. The molecular weight excluding hydrogens is 216 g/mol. The Bertz CT molecular complexity index is 327. The Balaban J connectivity index is 1.71. The zero-order valence-electron chi connectivity index (χ0n) is 9.69. The highest BCUT2D eigenvalue weighted by Crippen LogP contribution is 2.23. The van der Waals surface area contributed by atoms with Gasteiger partial charge in [-0.05, 0) is 56.4 Å². The number of hydrogen-bond acceptors (Lipinski definition) is 2.